The van der Waals surface area contributed by atoms with Gasteiger partial charge in [0.1, 0.15) is 0 Å². The highest BCUT2D eigenvalue weighted by atomic mass is 16.4. The number of carbonyl (C=O) groups is 1. The van der Waals surface area contributed by atoms with E-state index in [-0.39, 0.29) is 6.42 Å². The van der Waals surface area contributed by atoms with Gasteiger partial charge >= 0.3 is 5.97 Å². The Balaban J connectivity index is 2.15. The number of rotatable bonds is 8. The quantitative estimate of drug-likeness (QED) is 0.696. The van der Waals surface area contributed by atoms with Crippen LogP contribution in [0.2, 0.25) is 0 Å². The predicted molar refractivity (Wildman–Crippen MR) is 73.5 cm³/mol. The van der Waals surface area contributed by atoms with E-state index in [1.807, 2.05) is 6.07 Å². The Morgan fingerprint density at radius 1 is 1.33 bits per heavy atom. The lowest BCUT2D eigenvalue weighted by atomic mass is 10.0. The largest absolute Gasteiger partial charge is 0.481 e. The Labute approximate surface area is 109 Å². The molecule has 0 fully saturated rings. The van der Waals surface area contributed by atoms with Crippen LogP contribution in [-0.2, 0) is 11.3 Å². The van der Waals surface area contributed by atoms with Gasteiger partial charge in [0.15, 0.2) is 0 Å². The van der Waals surface area contributed by atoms with Crippen molar-refractivity contribution in [3.63, 3.8) is 0 Å². The van der Waals surface area contributed by atoms with Gasteiger partial charge in [0.25, 0.3) is 0 Å². The van der Waals surface area contributed by atoms with Crippen molar-refractivity contribution in [2.24, 2.45) is 5.92 Å². The summed E-state index contributed by atoms with van der Waals surface area (Å²) in [7, 11) is 0. The van der Waals surface area contributed by atoms with E-state index >= 15 is 0 Å². The first kappa shape index (κ1) is 14.7. The fourth-order valence-corrected chi connectivity index (χ4v) is 1.89. The molecule has 1 aromatic rings. The maximum atomic E-state index is 10.4. The summed E-state index contributed by atoms with van der Waals surface area (Å²) < 4.78 is 0. The van der Waals surface area contributed by atoms with E-state index in [1.165, 1.54) is 11.1 Å². The number of hydrogen-bond acceptors (Lipinski definition) is 2. The molecule has 0 aliphatic heterocycles. The summed E-state index contributed by atoms with van der Waals surface area (Å²) in [5.74, 6) is -0.236. The van der Waals surface area contributed by atoms with Gasteiger partial charge in [-0.15, -0.1) is 0 Å². The molecule has 0 aliphatic carbocycles. The average Bonchev–Trinajstić information content (AvgIpc) is 2.34. The van der Waals surface area contributed by atoms with Crippen molar-refractivity contribution in [1.29, 1.82) is 0 Å². The SMILES string of the molecule is Cc1ccccc1CNCCC(C)CCC(=O)O. The zero-order valence-electron chi connectivity index (χ0n) is 11.3. The summed E-state index contributed by atoms with van der Waals surface area (Å²) in [4.78, 5) is 10.4. The zero-order chi connectivity index (χ0) is 13.4. The van der Waals surface area contributed by atoms with Gasteiger partial charge in [0.05, 0.1) is 0 Å². The van der Waals surface area contributed by atoms with E-state index in [1.54, 1.807) is 0 Å². The number of aliphatic carboxylic acids is 1. The van der Waals surface area contributed by atoms with Crippen molar-refractivity contribution in [2.45, 2.75) is 39.7 Å². The highest BCUT2D eigenvalue weighted by Gasteiger charge is 2.05. The third-order valence-corrected chi connectivity index (χ3v) is 3.24. The van der Waals surface area contributed by atoms with Crippen LogP contribution < -0.4 is 5.32 Å². The maximum absolute atomic E-state index is 10.4. The minimum atomic E-state index is -0.699. The maximum Gasteiger partial charge on any atom is 0.303 e. The van der Waals surface area contributed by atoms with Crippen LogP contribution in [0, 0.1) is 12.8 Å². The minimum absolute atomic E-state index is 0.277. The fourth-order valence-electron chi connectivity index (χ4n) is 1.89. The van der Waals surface area contributed by atoms with Gasteiger partial charge in [-0.2, -0.15) is 0 Å². The molecule has 1 atom stereocenters. The smallest absolute Gasteiger partial charge is 0.303 e. The summed E-state index contributed by atoms with van der Waals surface area (Å²) in [6, 6.07) is 8.36. The van der Waals surface area contributed by atoms with Crippen LogP contribution in [0.3, 0.4) is 0 Å². The molecule has 0 aliphatic rings. The number of carboxylic acid groups (broad SMARTS) is 1. The van der Waals surface area contributed by atoms with Crippen LogP contribution in [0.1, 0.15) is 37.3 Å². The van der Waals surface area contributed by atoms with E-state index in [0.29, 0.717) is 5.92 Å². The fraction of sp³-hybridized carbons (Fsp3) is 0.533. The molecule has 2 N–H and O–H groups in total. The summed E-state index contributed by atoms with van der Waals surface area (Å²) in [6.45, 7) is 6.05. The molecule has 1 unspecified atom stereocenters. The third kappa shape index (κ3) is 5.82. The molecule has 3 nitrogen and oxygen atoms in total. The zero-order valence-corrected chi connectivity index (χ0v) is 11.3. The van der Waals surface area contributed by atoms with Gasteiger partial charge < -0.3 is 10.4 Å². The lowest BCUT2D eigenvalue weighted by molar-refractivity contribution is -0.137. The molecule has 3 heteroatoms. The van der Waals surface area contributed by atoms with E-state index in [9.17, 15) is 4.79 Å². The van der Waals surface area contributed by atoms with Crippen molar-refractivity contribution in [2.75, 3.05) is 6.54 Å². The first-order chi connectivity index (χ1) is 8.59. The van der Waals surface area contributed by atoms with Gasteiger partial charge in [0.2, 0.25) is 0 Å². The molecule has 18 heavy (non-hydrogen) atoms. The molecule has 0 aromatic heterocycles. The summed E-state index contributed by atoms with van der Waals surface area (Å²) in [6.07, 6.45) is 2.07. The first-order valence-electron chi connectivity index (χ1n) is 6.56. The van der Waals surface area contributed by atoms with E-state index in [4.69, 9.17) is 5.11 Å². The Bertz CT molecular complexity index is 377. The number of aryl methyl sites for hydroxylation is 1. The summed E-state index contributed by atoms with van der Waals surface area (Å²) in [5.41, 5.74) is 2.64. The normalized spacial score (nSPS) is 12.3. The van der Waals surface area contributed by atoms with Gasteiger partial charge in [-0.1, -0.05) is 31.2 Å². The summed E-state index contributed by atoms with van der Waals surface area (Å²) >= 11 is 0. The topological polar surface area (TPSA) is 49.3 Å². The Morgan fingerprint density at radius 3 is 2.72 bits per heavy atom. The number of nitrogens with one attached hydrogen (secondary N) is 1. The average molecular weight is 249 g/mol. The predicted octanol–water partition coefficient (Wildman–Crippen LogP) is 2.98. The van der Waals surface area contributed by atoms with Crippen LogP contribution in [0.5, 0.6) is 0 Å². The van der Waals surface area contributed by atoms with Gasteiger partial charge in [0, 0.05) is 13.0 Å². The Kier molecular flexibility index (Phi) is 6.44. The van der Waals surface area contributed by atoms with Crippen LogP contribution >= 0.6 is 0 Å². The number of benzene rings is 1. The second-order valence-corrected chi connectivity index (χ2v) is 4.93. The van der Waals surface area contributed by atoms with Crippen LogP contribution in [0.4, 0.5) is 0 Å². The molecular weight excluding hydrogens is 226 g/mol. The van der Waals surface area contributed by atoms with Gasteiger partial charge in [-0.3, -0.25) is 4.79 Å². The van der Waals surface area contributed by atoms with Crippen LogP contribution in [0.15, 0.2) is 24.3 Å². The monoisotopic (exact) mass is 249 g/mol. The Hall–Kier alpha value is -1.35. The molecule has 0 amide bonds. The Morgan fingerprint density at radius 2 is 2.06 bits per heavy atom. The van der Waals surface area contributed by atoms with Crippen molar-refractivity contribution in [3.05, 3.63) is 35.4 Å². The molecule has 0 saturated carbocycles. The third-order valence-electron chi connectivity index (χ3n) is 3.24. The van der Waals surface area contributed by atoms with Gasteiger partial charge in [-0.05, 0) is 43.4 Å². The lowest BCUT2D eigenvalue weighted by Crippen LogP contribution is -2.17. The van der Waals surface area contributed by atoms with Crippen molar-refractivity contribution >= 4 is 5.97 Å². The lowest BCUT2D eigenvalue weighted by Gasteiger charge is -2.11. The highest BCUT2D eigenvalue weighted by molar-refractivity contribution is 5.66. The first-order valence-corrected chi connectivity index (χ1v) is 6.56. The van der Waals surface area contributed by atoms with Crippen molar-refractivity contribution < 1.29 is 9.90 Å². The van der Waals surface area contributed by atoms with Gasteiger partial charge in [-0.25, -0.2) is 0 Å². The second kappa shape index (κ2) is 7.88. The van der Waals surface area contributed by atoms with Crippen LogP contribution in [0.25, 0.3) is 0 Å². The summed E-state index contributed by atoms with van der Waals surface area (Å²) in [5, 5.41) is 12.0. The van der Waals surface area contributed by atoms with E-state index in [2.05, 4.69) is 37.4 Å². The molecule has 100 valence electrons. The number of carboxylic acids is 1. The standard InChI is InChI=1S/C15H23NO2/c1-12(7-8-15(17)18)9-10-16-11-14-6-4-3-5-13(14)2/h3-6,12,16H,7-11H2,1-2H3,(H,17,18). The van der Waals surface area contributed by atoms with Crippen molar-refractivity contribution in [3.8, 4) is 0 Å². The van der Waals surface area contributed by atoms with E-state index in [0.717, 1.165) is 25.9 Å². The molecule has 0 spiro atoms. The van der Waals surface area contributed by atoms with Crippen LogP contribution in [-0.4, -0.2) is 17.6 Å². The van der Waals surface area contributed by atoms with E-state index < -0.39 is 5.97 Å². The minimum Gasteiger partial charge on any atom is -0.481 e. The molecule has 0 saturated heterocycles. The molecular formula is C15H23NO2. The molecule has 1 aromatic carbocycles. The molecule has 0 radical (unpaired) electrons. The molecule has 0 bridgehead atoms. The second-order valence-electron chi connectivity index (χ2n) is 4.93. The highest BCUT2D eigenvalue weighted by Crippen LogP contribution is 2.10. The molecule has 0 heterocycles. The number of hydrogen-bond donors (Lipinski definition) is 2. The van der Waals surface area contributed by atoms with Crippen molar-refractivity contribution in [1.82, 2.24) is 5.32 Å². The molecule has 1 rings (SSSR count).